The lowest BCUT2D eigenvalue weighted by molar-refractivity contribution is 0.0954. The van der Waals surface area contributed by atoms with Crippen LogP contribution in [0.1, 0.15) is 29.3 Å². The third kappa shape index (κ3) is 4.41. The molecule has 0 fully saturated rings. The van der Waals surface area contributed by atoms with Crippen molar-refractivity contribution in [2.75, 3.05) is 0 Å². The summed E-state index contributed by atoms with van der Waals surface area (Å²) in [7, 11) is 0. The number of hydrogen-bond acceptors (Lipinski definition) is 2. The highest BCUT2D eigenvalue weighted by molar-refractivity contribution is 9.10. The van der Waals surface area contributed by atoms with E-state index in [0.29, 0.717) is 17.0 Å². The van der Waals surface area contributed by atoms with Gasteiger partial charge in [0.2, 0.25) is 0 Å². The van der Waals surface area contributed by atoms with E-state index in [-0.39, 0.29) is 5.91 Å². The molecule has 3 nitrogen and oxygen atoms in total. The minimum Gasteiger partial charge on any atom is -0.267 e. The number of hydrazone groups is 1. The number of benzene rings is 2. The predicted octanol–water partition coefficient (Wildman–Crippen LogP) is 4.65. The summed E-state index contributed by atoms with van der Waals surface area (Å²) < 4.78 is 0.852. The molecule has 0 saturated carbocycles. The zero-order chi connectivity index (χ0) is 15.2. The van der Waals surface area contributed by atoms with Crippen molar-refractivity contribution in [3.8, 4) is 0 Å². The molecule has 0 heterocycles. The summed E-state index contributed by atoms with van der Waals surface area (Å²) in [5.74, 6) is -0.246. The highest BCUT2D eigenvalue weighted by Gasteiger charge is 2.06. The Morgan fingerprint density at radius 2 is 1.90 bits per heavy atom. The number of carbonyl (C=O) groups excluding carboxylic acids is 1. The molecule has 0 spiro atoms. The third-order valence-corrected chi connectivity index (χ3v) is 3.60. The summed E-state index contributed by atoms with van der Waals surface area (Å²) in [6.45, 7) is 1.98. The Labute approximate surface area is 137 Å². The largest absolute Gasteiger partial charge is 0.271 e. The molecule has 0 aromatic heterocycles. The van der Waals surface area contributed by atoms with Crippen LogP contribution in [-0.2, 0) is 0 Å². The second kappa shape index (κ2) is 7.38. The van der Waals surface area contributed by atoms with E-state index < -0.39 is 0 Å². The molecule has 2 rings (SSSR count). The molecule has 0 aliphatic heterocycles. The van der Waals surface area contributed by atoms with Crippen molar-refractivity contribution in [2.24, 2.45) is 5.10 Å². The smallest absolute Gasteiger partial charge is 0.267 e. The Hall–Kier alpha value is -1.65. The fourth-order valence-corrected chi connectivity index (χ4v) is 2.42. The van der Waals surface area contributed by atoms with E-state index in [2.05, 4.69) is 26.5 Å². The van der Waals surface area contributed by atoms with Crippen LogP contribution in [0.15, 0.2) is 58.1 Å². The van der Waals surface area contributed by atoms with Gasteiger partial charge in [-0.25, -0.2) is 5.43 Å². The van der Waals surface area contributed by atoms with E-state index >= 15 is 0 Å². The van der Waals surface area contributed by atoms with E-state index in [9.17, 15) is 4.79 Å². The molecule has 0 aliphatic carbocycles. The highest BCUT2D eigenvalue weighted by Crippen LogP contribution is 2.13. The van der Waals surface area contributed by atoms with Gasteiger partial charge in [0.05, 0.1) is 5.71 Å². The number of nitrogens with zero attached hydrogens (tertiary/aromatic N) is 1. The second-order valence-corrected chi connectivity index (χ2v) is 5.73. The van der Waals surface area contributed by atoms with E-state index in [4.69, 9.17) is 11.6 Å². The van der Waals surface area contributed by atoms with Crippen molar-refractivity contribution in [2.45, 2.75) is 13.3 Å². The first-order valence-electron chi connectivity index (χ1n) is 6.48. The number of nitrogens with one attached hydrogen (secondary N) is 1. The number of amides is 1. The van der Waals surface area contributed by atoms with Crippen LogP contribution in [0.25, 0.3) is 0 Å². The third-order valence-electron chi connectivity index (χ3n) is 2.87. The molecule has 2 aromatic carbocycles. The molecule has 0 radical (unpaired) electrons. The van der Waals surface area contributed by atoms with Crippen LogP contribution in [0, 0.1) is 0 Å². The van der Waals surface area contributed by atoms with E-state index in [1.807, 2.05) is 31.2 Å². The minimum atomic E-state index is -0.246. The Kier molecular flexibility index (Phi) is 5.53. The molecule has 1 N–H and O–H groups in total. The number of hydrogen-bond donors (Lipinski definition) is 1. The van der Waals surface area contributed by atoms with Gasteiger partial charge in [-0.15, -0.1) is 0 Å². The summed E-state index contributed by atoms with van der Waals surface area (Å²) in [4.78, 5) is 12.1. The number of halogens is 2. The van der Waals surface area contributed by atoms with Gasteiger partial charge in [0.25, 0.3) is 5.91 Å². The molecule has 108 valence electrons. The fraction of sp³-hybridized carbons (Fsp3) is 0.125. The summed E-state index contributed by atoms with van der Waals surface area (Å²) in [6.07, 6.45) is 0.694. The lowest BCUT2D eigenvalue weighted by Crippen LogP contribution is -2.20. The summed E-state index contributed by atoms with van der Waals surface area (Å²) in [5.41, 5.74) is 4.81. The average molecular weight is 366 g/mol. The first kappa shape index (κ1) is 15.7. The molecule has 0 aliphatic rings. The first-order valence-corrected chi connectivity index (χ1v) is 7.65. The van der Waals surface area contributed by atoms with Crippen molar-refractivity contribution in [3.05, 3.63) is 69.2 Å². The lowest BCUT2D eigenvalue weighted by Gasteiger charge is -2.06. The first-order chi connectivity index (χ1) is 10.1. The van der Waals surface area contributed by atoms with Gasteiger partial charge in [0.15, 0.2) is 0 Å². The van der Waals surface area contributed by atoms with Gasteiger partial charge in [-0.3, -0.25) is 4.79 Å². The normalized spacial score (nSPS) is 11.3. The fourth-order valence-electron chi connectivity index (χ4n) is 1.83. The summed E-state index contributed by atoms with van der Waals surface area (Å²) in [6, 6.07) is 14.6. The number of carbonyl (C=O) groups is 1. The van der Waals surface area contributed by atoms with E-state index in [1.54, 1.807) is 24.3 Å². The molecule has 0 unspecified atom stereocenters. The average Bonchev–Trinajstić information content (AvgIpc) is 2.48. The van der Waals surface area contributed by atoms with Crippen molar-refractivity contribution in [1.82, 2.24) is 5.43 Å². The SMILES string of the molecule is CC/C(=N\NC(=O)c1cccc(Br)c1)c1cccc(Cl)c1. The zero-order valence-electron chi connectivity index (χ0n) is 11.4. The van der Waals surface area contributed by atoms with Gasteiger partial charge < -0.3 is 0 Å². The van der Waals surface area contributed by atoms with Gasteiger partial charge >= 0.3 is 0 Å². The maximum absolute atomic E-state index is 12.1. The Bertz CT molecular complexity index is 685. The molecule has 0 saturated heterocycles. The molecular weight excluding hydrogens is 352 g/mol. The van der Waals surface area contributed by atoms with Gasteiger partial charge in [-0.2, -0.15) is 5.10 Å². The van der Waals surface area contributed by atoms with Gasteiger partial charge in [0.1, 0.15) is 0 Å². The molecule has 0 atom stereocenters. The number of rotatable bonds is 4. The minimum absolute atomic E-state index is 0.246. The van der Waals surface area contributed by atoms with Gasteiger partial charge in [-0.05, 0) is 42.3 Å². The van der Waals surface area contributed by atoms with Crippen molar-refractivity contribution < 1.29 is 4.79 Å². The van der Waals surface area contributed by atoms with Crippen LogP contribution in [0.3, 0.4) is 0 Å². The maximum Gasteiger partial charge on any atom is 0.271 e. The molecular formula is C16H14BrClN2O. The molecule has 0 bridgehead atoms. The lowest BCUT2D eigenvalue weighted by atomic mass is 10.1. The van der Waals surface area contributed by atoms with Crippen LogP contribution < -0.4 is 5.43 Å². The zero-order valence-corrected chi connectivity index (χ0v) is 13.8. The quantitative estimate of drug-likeness (QED) is 0.622. The van der Waals surface area contributed by atoms with Crippen molar-refractivity contribution in [3.63, 3.8) is 0 Å². The maximum atomic E-state index is 12.1. The highest BCUT2D eigenvalue weighted by atomic mass is 79.9. The van der Waals surface area contributed by atoms with Crippen LogP contribution >= 0.6 is 27.5 Å². The second-order valence-electron chi connectivity index (χ2n) is 4.37. The van der Waals surface area contributed by atoms with E-state index in [1.165, 1.54) is 0 Å². The van der Waals surface area contributed by atoms with Gasteiger partial charge in [-0.1, -0.05) is 52.7 Å². The molecule has 21 heavy (non-hydrogen) atoms. The van der Waals surface area contributed by atoms with Crippen LogP contribution in [0.5, 0.6) is 0 Å². The Morgan fingerprint density at radius 1 is 1.19 bits per heavy atom. The van der Waals surface area contributed by atoms with Gasteiger partial charge in [0, 0.05) is 15.1 Å². The molecule has 5 heteroatoms. The van der Waals surface area contributed by atoms with Crippen LogP contribution in [-0.4, -0.2) is 11.6 Å². The van der Waals surface area contributed by atoms with Crippen molar-refractivity contribution in [1.29, 1.82) is 0 Å². The van der Waals surface area contributed by atoms with Crippen molar-refractivity contribution >= 4 is 39.1 Å². The Morgan fingerprint density at radius 3 is 2.57 bits per heavy atom. The molecule has 2 aromatic rings. The standard InChI is InChI=1S/C16H14BrClN2O/c1-2-15(11-5-4-8-14(18)10-11)19-20-16(21)12-6-3-7-13(17)9-12/h3-10H,2H2,1H3,(H,20,21)/b19-15+. The van der Waals surface area contributed by atoms with Crippen LogP contribution in [0.4, 0.5) is 0 Å². The van der Waals surface area contributed by atoms with E-state index in [0.717, 1.165) is 15.7 Å². The monoisotopic (exact) mass is 364 g/mol. The predicted molar refractivity (Wildman–Crippen MR) is 89.9 cm³/mol. The van der Waals surface area contributed by atoms with Crippen LogP contribution in [0.2, 0.25) is 5.02 Å². The topological polar surface area (TPSA) is 41.5 Å². The Balaban J connectivity index is 2.16. The summed E-state index contributed by atoms with van der Waals surface area (Å²) in [5, 5.41) is 4.85. The molecule has 1 amide bonds. The summed E-state index contributed by atoms with van der Waals surface area (Å²) >= 11 is 9.31.